The van der Waals surface area contributed by atoms with Crippen LogP contribution >= 0.6 is 0 Å². The Hall–Kier alpha value is -8.27. The first kappa shape index (κ1) is 56.9. The Morgan fingerprint density at radius 3 is 2.01 bits per heavy atom. The molecule has 416 valence electrons. The van der Waals surface area contributed by atoms with E-state index in [2.05, 4.69) is 10.6 Å². The number of unbranched alkanes of at least 4 members (excludes halogenated alkanes) is 1. The summed E-state index contributed by atoms with van der Waals surface area (Å²) < 4.78 is 41.6. The van der Waals surface area contributed by atoms with Gasteiger partial charge in [0, 0.05) is 50.8 Å². The molecule has 4 aromatic rings. The Morgan fingerprint density at radius 1 is 0.785 bits per heavy atom. The average Bonchev–Trinajstić information content (AvgIpc) is 3.56. The number of anilines is 1. The number of esters is 4. The van der Waals surface area contributed by atoms with Crippen molar-refractivity contribution in [2.45, 2.75) is 120 Å². The summed E-state index contributed by atoms with van der Waals surface area (Å²) in [7, 11) is 0. The van der Waals surface area contributed by atoms with E-state index >= 15 is 9.59 Å². The maximum Gasteiger partial charge on any atom is 0.509 e. The molecule has 2 amide bonds. The number of rotatable bonds is 18. The van der Waals surface area contributed by atoms with Crippen molar-refractivity contribution >= 4 is 59.3 Å². The van der Waals surface area contributed by atoms with Gasteiger partial charge in [-0.25, -0.2) is 19.2 Å². The lowest BCUT2D eigenvalue weighted by Gasteiger charge is -2.65. The second kappa shape index (κ2) is 23.8. The van der Waals surface area contributed by atoms with Crippen LogP contribution in [-0.2, 0) is 57.1 Å². The zero-order valence-electron chi connectivity index (χ0n) is 43.6. The average molecular weight is 1090 g/mol. The predicted octanol–water partition coefficient (Wildman–Crippen LogP) is 5.77. The first-order valence-corrected chi connectivity index (χ1v) is 25.6. The summed E-state index contributed by atoms with van der Waals surface area (Å²) in [4.78, 5) is 123. The SMILES string of the molecule is CC(=O)O[C@H]1C(=O)[C@@]2(C)[C@H]([C@H](OC(=O)c3ccccc3)[C@@]3(O)CC1=C(C)[C@@H](OC(=O)[C@H](OC(=O)OCCCCC(=O)Nc1ccc(C(=O)O)cc1)[C@@H](NC(=O)c1ccccc1)c1ccccc1)C3)[C@]1(OC(C)=O)CO[C@@H]1C[C@@H]2O. The maximum absolute atomic E-state index is 15.5. The molecule has 11 atom stereocenters. The molecule has 3 aliphatic carbocycles. The number of carboxylic acid groups (broad SMARTS) is 1. The molecule has 1 saturated heterocycles. The van der Waals surface area contributed by atoms with E-state index in [1.165, 1.54) is 62.4 Å². The quantitative estimate of drug-likeness (QED) is 0.0342. The Morgan fingerprint density at radius 2 is 1.42 bits per heavy atom. The minimum atomic E-state index is -2.42. The number of carboxylic acids is 1. The summed E-state index contributed by atoms with van der Waals surface area (Å²) in [6.07, 6.45) is -12.6. The lowest BCUT2D eigenvalue weighted by atomic mass is 9.48. The number of aliphatic hydroxyl groups excluding tert-OH is 1. The van der Waals surface area contributed by atoms with E-state index in [1.807, 2.05) is 0 Å². The summed E-state index contributed by atoms with van der Waals surface area (Å²) in [6.45, 7) is 4.32. The van der Waals surface area contributed by atoms with Crippen molar-refractivity contribution in [2.75, 3.05) is 18.5 Å². The van der Waals surface area contributed by atoms with E-state index in [9.17, 15) is 43.8 Å². The zero-order valence-corrected chi connectivity index (χ0v) is 43.6. The van der Waals surface area contributed by atoms with Crippen molar-refractivity contribution in [2.24, 2.45) is 11.3 Å². The molecule has 4 aliphatic rings. The number of aliphatic hydroxyl groups is 2. The molecule has 21 heteroatoms. The number of hydrogen-bond donors (Lipinski definition) is 5. The topological polar surface area (TPSA) is 303 Å². The molecular formula is C58H60N2O19. The van der Waals surface area contributed by atoms with Crippen LogP contribution in [0.3, 0.4) is 0 Å². The lowest BCUT2D eigenvalue weighted by molar-refractivity contribution is -0.340. The number of hydrogen-bond acceptors (Lipinski definition) is 18. The molecule has 1 aliphatic heterocycles. The molecule has 21 nitrogen and oxygen atoms in total. The molecule has 5 N–H and O–H groups in total. The Kier molecular flexibility index (Phi) is 17.1. The molecule has 2 saturated carbocycles. The number of ether oxygens (including phenoxy) is 7. The number of Topliss-reactive ketones (excluding diaryl/α,β-unsaturated/α-hetero) is 1. The standard InChI is InChI=1S/C58H60N2O19/c1-32-40-29-57(72,50(78-53(69)38-20-12-7-13-21-38)48-56(4,49(65)46(40)75-33(2)61)42(63)28-43-58(48,31-74-43)79-34(3)62)30-41(32)76-54(70)47(45(35-16-8-5-9-17-35)60-51(66)36-18-10-6-11-19-36)77-55(71)73-27-15-14-22-44(64)59-39-25-23-37(24-26-39)52(67)68/h5-13,16-21,23-26,41-43,45-48,50,63,72H,14-15,22,27-31H2,1-4H3,(H,59,64)(H,60,66)(H,67,68)/t41-,42-,43+,45-,46+,47+,48-,50-,56+,57+,58-/m0/s1. The van der Waals surface area contributed by atoms with Crippen molar-refractivity contribution in [3.8, 4) is 0 Å². The van der Waals surface area contributed by atoms with E-state index in [4.69, 9.17) is 38.3 Å². The van der Waals surface area contributed by atoms with Crippen molar-refractivity contribution in [1.29, 1.82) is 0 Å². The fourth-order valence-corrected chi connectivity index (χ4v) is 11.1. The molecular weight excluding hydrogens is 1030 g/mol. The van der Waals surface area contributed by atoms with Crippen LogP contribution in [0.4, 0.5) is 10.5 Å². The third-order valence-electron chi connectivity index (χ3n) is 15.1. The molecule has 79 heavy (non-hydrogen) atoms. The summed E-state index contributed by atoms with van der Waals surface area (Å²) in [5.74, 6) is -8.82. The van der Waals surface area contributed by atoms with Gasteiger partial charge < -0.3 is 59.1 Å². The van der Waals surface area contributed by atoms with Gasteiger partial charge in [-0.3, -0.25) is 24.0 Å². The first-order chi connectivity index (χ1) is 37.6. The number of fused-ring (bicyclic) bond motifs is 5. The number of benzene rings is 4. The van der Waals surface area contributed by atoms with Gasteiger partial charge in [-0.1, -0.05) is 66.7 Å². The summed E-state index contributed by atoms with van der Waals surface area (Å²) in [5.41, 5.74) is -5.49. The second-order valence-corrected chi connectivity index (χ2v) is 20.3. The largest absolute Gasteiger partial charge is 0.509 e. The van der Waals surface area contributed by atoms with Gasteiger partial charge in [-0.05, 0) is 91.9 Å². The monoisotopic (exact) mass is 1090 g/mol. The third kappa shape index (κ3) is 12.1. The summed E-state index contributed by atoms with van der Waals surface area (Å²) in [5, 5.41) is 40.2. The van der Waals surface area contributed by atoms with Crippen molar-refractivity contribution < 1.29 is 91.6 Å². The lowest BCUT2D eigenvalue weighted by Crippen LogP contribution is -2.80. The number of ketones is 1. The maximum atomic E-state index is 15.5. The smallest absolute Gasteiger partial charge is 0.478 e. The Balaban J connectivity index is 1.14. The molecule has 0 unspecified atom stereocenters. The molecule has 0 aromatic heterocycles. The predicted molar refractivity (Wildman–Crippen MR) is 275 cm³/mol. The Bertz CT molecular complexity index is 3010. The van der Waals surface area contributed by atoms with Crippen LogP contribution in [0.5, 0.6) is 0 Å². The van der Waals surface area contributed by atoms with Gasteiger partial charge in [-0.15, -0.1) is 0 Å². The third-order valence-corrected chi connectivity index (χ3v) is 15.1. The van der Waals surface area contributed by atoms with Crippen molar-refractivity contribution in [3.05, 3.63) is 149 Å². The van der Waals surface area contributed by atoms with Crippen LogP contribution < -0.4 is 10.6 Å². The normalized spacial score (nSPS) is 26.5. The molecule has 2 bridgehead atoms. The van der Waals surface area contributed by atoms with Crippen LogP contribution in [0.15, 0.2) is 126 Å². The van der Waals surface area contributed by atoms with Gasteiger partial charge in [-0.2, -0.15) is 0 Å². The molecule has 4 aromatic carbocycles. The number of carbonyl (C=O) groups is 9. The van der Waals surface area contributed by atoms with Crippen molar-refractivity contribution in [1.82, 2.24) is 5.32 Å². The van der Waals surface area contributed by atoms with Gasteiger partial charge in [0.2, 0.25) is 12.0 Å². The number of nitrogens with one attached hydrogen (secondary N) is 2. The van der Waals surface area contributed by atoms with Crippen LogP contribution in [0.25, 0.3) is 0 Å². The van der Waals surface area contributed by atoms with Crippen LogP contribution in [0.2, 0.25) is 0 Å². The van der Waals surface area contributed by atoms with Crippen LogP contribution in [0.1, 0.15) is 109 Å². The van der Waals surface area contributed by atoms with Crippen LogP contribution in [-0.4, -0.2) is 130 Å². The molecule has 0 spiro atoms. The highest BCUT2D eigenvalue weighted by Crippen LogP contribution is 2.61. The van der Waals surface area contributed by atoms with E-state index in [1.54, 1.807) is 66.7 Å². The molecule has 0 radical (unpaired) electrons. The molecule has 1 heterocycles. The first-order valence-electron chi connectivity index (χ1n) is 25.6. The van der Waals surface area contributed by atoms with Gasteiger partial charge in [0.25, 0.3) is 5.91 Å². The fraction of sp³-hybridized carbons (Fsp3) is 0.397. The highest BCUT2D eigenvalue weighted by molar-refractivity contribution is 5.96. The fourth-order valence-electron chi connectivity index (χ4n) is 11.1. The van der Waals surface area contributed by atoms with Gasteiger partial charge >= 0.3 is 36.0 Å². The van der Waals surface area contributed by atoms with Crippen LogP contribution in [0, 0.1) is 11.3 Å². The Labute approximate surface area is 453 Å². The molecule has 3 fully saturated rings. The minimum Gasteiger partial charge on any atom is -0.478 e. The van der Waals surface area contributed by atoms with Crippen molar-refractivity contribution in [3.63, 3.8) is 0 Å². The highest BCUT2D eigenvalue weighted by atomic mass is 16.7. The van der Waals surface area contributed by atoms with E-state index in [0.717, 1.165) is 13.8 Å². The van der Waals surface area contributed by atoms with Gasteiger partial charge in [0.15, 0.2) is 17.5 Å². The second-order valence-electron chi connectivity index (χ2n) is 20.3. The van der Waals surface area contributed by atoms with E-state index in [-0.39, 0.29) is 72.3 Å². The minimum absolute atomic E-state index is 0.0197. The summed E-state index contributed by atoms with van der Waals surface area (Å²) in [6, 6.07) is 27.7. The summed E-state index contributed by atoms with van der Waals surface area (Å²) >= 11 is 0. The van der Waals surface area contributed by atoms with E-state index in [0.29, 0.717) is 5.69 Å². The zero-order chi connectivity index (χ0) is 56.8. The number of aromatic carboxylic acids is 1. The van der Waals surface area contributed by atoms with Gasteiger partial charge in [0.05, 0.1) is 41.8 Å². The van der Waals surface area contributed by atoms with E-state index < -0.39 is 132 Å². The molecule has 8 rings (SSSR count). The highest BCUT2D eigenvalue weighted by Gasteiger charge is 2.76. The number of amides is 2. The number of carbonyl (C=O) groups excluding carboxylic acids is 8. The van der Waals surface area contributed by atoms with Gasteiger partial charge in [0.1, 0.15) is 30.0 Å².